The molecule has 1 fully saturated rings. The Morgan fingerprint density at radius 2 is 2.24 bits per heavy atom. The summed E-state index contributed by atoms with van der Waals surface area (Å²) in [4.78, 5) is 18.4. The predicted molar refractivity (Wildman–Crippen MR) is 110 cm³/mol. The van der Waals surface area contributed by atoms with Gasteiger partial charge in [-0.3, -0.25) is 9.69 Å². The van der Waals surface area contributed by atoms with Gasteiger partial charge in [0.1, 0.15) is 17.6 Å². The molecule has 0 spiro atoms. The molecule has 152 valence electrons. The molecule has 1 aliphatic heterocycles. The normalized spacial score (nSPS) is 19.9. The number of anilines is 2. The van der Waals surface area contributed by atoms with E-state index in [2.05, 4.69) is 20.3 Å². The molecule has 0 aliphatic carbocycles. The SMILES string of the molecule is COc1cccc(Nc2ncnn3ccc(CN4CCC(N)C(C(N)=O)C4)c23)c1. The minimum atomic E-state index is -0.340. The third kappa shape index (κ3) is 4.01. The zero-order chi connectivity index (χ0) is 20.4. The van der Waals surface area contributed by atoms with Gasteiger partial charge in [-0.25, -0.2) is 9.50 Å². The van der Waals surface area contributed by atoms with E-state index < -0.39 is 0 Å². The number of hydrogen-bond acceptors (Lipinski definition) is 7. The number of carbonyl (C=O) groups is 1. The van der Waals surface area contributed by atoms with Gasteiger partial charge < -0.3 is 21.5 Å². The van der Waals surface area contributed by atoms with Gasteiger partial charge in [0.25, 0.3) is 0 Å². The van der Waals surface area contributed by atoms with E-state index in [-0.39, 0.29) is 17.9 Å². The van der Waals surface area contributed by atoms with Crippen molar-refractivity contribution in [2.45, 2.75) is 19.0 Å². The monoisotopic (exact) mass is 395 g/mol. The number of amides is 1. The number of carbonyl (C=O) groups excluding carboxylic acids is 1. The Hall–Kier alpha value is -3.17. The predicted octanol–water partition coefficient (Wildman–Crippen LogP) is 1.12. The number of ether oxygens (including phenoxy) is 1. The van der Waals surface area contributed by atoms with Crippen molar-refractivity contribution in [2.24, 2.45) is 17.4 Å². The van der Waals surface area contributed by atoms with Crippen LogP contribution >= 0.6 is 0 Å². The van der Waals surface area contributed by atoms with Crippen LogP contribution in [0.5, 0.6) is 5.75 Å². The van der Waals surface area contributed by atoms with Gasteiger partial charge >= 0.3 is 0 Å². The molecule has 1 aliphatic rings. The molecule has 2 atom stereocenters. The Balaban J connectivity index is 1.60. The summed E-state index contributed by atoms with van der Waals surface area (Å²) in [5.41, 5.74) is 14.4. The minimum Gasteiger partial charge on any atom is -0.497 e. The highest BCUT2D eigenvalue weighted by molar-refractivity contribution is 5.78. The van der Waals surface area contributed by atoms with Crippen LogP contribution in [0, 0.1) is 5.92 Å². The lowest BCUT2D eigenvalue weighted by atomic mass is 9.92. The summed E-state index contributed by atoms with van der Waals surface area (Å²) in [7, 11) is 1.64. The summed E-state index contributed by atoms with van der Waals surface area (Å²) < 4.78 is 7.09. The summed E-state index contributed by atoms with van der Waals surface area (Å²) in [6, 6.07) is 9.51. The fourth-order valence-corrected chi connectivity index (χ4v) is 3.80. The van der Waals surface area contributed by atoms with Crippen LogP contribution in [0.2, 0.25) is 0 Å². The van der Waals surface area contributed by atoms with Crippen molar-refractivity contribution in [2.75, 3.05) is 25.5 Å². The highest BCUT2D eigenvalue weighted by atomic mass is 16.5. The Morgan fingerprint density at radius 3 is 3.03 bits per heavy atom. The van der Waals surface area contributed by atoms with Crippen LogP contribution in [0.3, 0.4) is 0 Å². The number of nitrogens with one attached hydrogen (secondary N) is 1. The number of nitrogens with zero attached hydrogens (tertiary/aromatic N) is 4. The van der Waals surface area contributed by atoms with E-state index in [1.165, 1.54) is 6.33 Å². The van der Waals surface area contributed by atoms with Gasteiger partial charge in [-0.15, -0.1) is 0 Å². The second kappa shape index (κ2) is 8.06. The number of fused-ring (bicyclic) bond motifs is 1. The summed E-state index contributed by atoms with van der Waals surface area (Å²) in [6.07, 6.45) is 4.16. The van der Waals surface area contributed by atoms with Crippen molar-refractivity contribution in [3.8, 4) is 5.75 Å². The first-order valence-electron chi connectivity index (χ1n) is 9.54. The molecule has 0 radical (unpaired) electrons. The topological polar surface area (TPSA) is 124 Å². The maximum atomic E-state index is 11.7. The largest absolute Gasteiger partial charge is 0.497 e. The van der Waals surface area contributed by atoms with Crippen LogP contribution < -0.4 is 21.5 Å². The second-order valence-electron chi connectivity index (χ2n) is 7.30. The number of hydrogen-bond donors (Lipinski definition) is 3. The first kappa shape index (κ1) is 19.2. The zero-order valence-corrected chi connectivity index (χ0v) is 16.3. The number of nitrogens with two attached hydrogens (primary N) is 2. The summed E-state index contributed by atoms with van der Waals surface area (Å²) in [6.45, 7) is 2.03. The lowest BCUT2D eigenvalue weighted by molar-refractivity contribution is -0.124. The van der Waals surface area contributed by atoms with Gasteiger partial charge in [-0.05, 0) is 30.2 Å². The maximum Gasteiger partial charge on any atom is 0.223 e. The molecule has 3 aromatic rings. The highest BCUT2D eigenvalue weighted by Crippen LogP contribution is 2.27. The number of benzene rings is 1. The zero-order valence-electron chi connectivity index (χ0n) is 16.3. The van der Waals surface area contributed by atoms with Crippen molar-refractivity contribution >= 4 is 22.9 Å². The Kier molecular flexibility index (Phi) is 5.32. The van der Waals surface area contributed by atoms with E-state index in [9.17, 15) is 4.79 Å². The van der Waals surface area contributed by atoms with E-state index in [0.29, 0.717) is 18.9 Å². The molecule has 9 heteroatoms. The van der Waals surface area contributed by atoms with Crippen LogP contribution in [0.1, 0.15) is 12.0 Å². The van der Waals surface area contributed by atoms with E-state index in [4.69, 9.17) is 16.2 Å². The fourth-order valence-electron chi connectivity index (χ4n) is 3.80. The van der Waals surface area contributed by atoms with Crippen LogP contribution in [0.25, 0.3) is 5.52 Å². The minimum absolute atomic E-state index is 0.178. The molecule has 1 saturated heterocycles. The first-order valence-corrected chi connectivity index (χ1v) is 9.54. The van der Waals surface area contributed by atoms with E-state index in [1.54, 1.807) is 11.6 Å². The molecule has 29 heavy (non-hydrogen) atoms. The molecule has 2 aromatic heterocycles. The van der Waals surface area contributed by atoms with Crippen LogP contribution in [0.15, 0.2) is 42.9 Å². The molecule has 2 unspecified atom stereocenters. The number of methoxy groups -OCH3 is 1. The lowest BCUT2D eigenvalue weighted by Gasteiger charge is -2.35. The Bertz CT molecular complexity index is 1020. The average Bonchev–Trinajstić information content (AvgIpc) is 3.13. The lowest BCUT2D eigenvalue weighted by Crippen LogP contribution is -2.51. The first-order chi connectivity index (χ1) is 14.0. The molecular weight excluding hydrogens is 370 g/mol. The standard InChI is InChI=1S/C20H25N7O2/c1-29-15-4-2-3-14(9-15)25-20-18-13(5-8-27(18)24-12-23-20)10-26-7-6-17(21)16(11-26)19(22)28/h2-5,8-9,12,16-17H,6-7,10-11,21H2,1H3,(H2,22,28)(H,23,24,25). The van der Waals surface area contributed by atoms with Gasteiger partial charge in [0.2, 0.25) is 5.91 Å². The number of rotatable bonds is 6. The van der Waals surface area contributed by atoms with E-state index >= 15 is 0 Å². The number of primary amides is 1. The van der Waals surface area contributed by atoms with E-state index in [0.717, 1.165) is 35.5 Å². The maximum absolute atomic E-state index is 11.7. The van der Waals surface area contributed by atoms with Crippen molar-refractivity contribution in [3.05, 3.63) is 48.4 Å². The molecule has 9 nitrogen and oxygen atoms in total. The smallest absolute Gasteiger partial charge is 0.223 e. The number of piperidine rings is 1. The van der Waals surface area contributed by atoms with Gasteiger partial charge in [-0.2, -0.15) is 5.10 Å². The van der Waals surface area contributed by atoms with Gasteiger partial charge in [0, 0.05) is 43.6 Å². The summed E-state index contributed by atoms with van der Waals surface area (Å²) >= 11 is 0. The van der Waals surface area contributed by atoms with Gasteiger partial charge in [0.05, 0.1) is 13.0 Å². The number of aromatic nitrogens is 3. The van der Waals surface area contributed by atoms with Crippen molar-refractivity contribution in [3.63, 3.8) is 0 Å². The van der Waals surface area contributed by atoms with Crippen molar-refractivity contribution < 1.29 is 9.53 Å². The molecule has 0 bridgehead atoms. The van der Waals surface area contributed by atoms with Gasteiger partial charge in [-0.1, -0.05) is 6.07 Å². The average molecular weight is 395 g/mol. The summed E-state index contributed by atoms with van der Waals surface area (Å²) in [5, 5.41) is 7.67. The molecule has 3 heterocycles. The fraction of sp³-hybridized carbons (Fsp3) is 0.350. The molecule has 4 rings (SSSR count). The van der Waals surface area contributed by atoms with E-state index in [1.807, 2.05) is 36.5 Å². The van der Waals surface area contributed by atoms with Crippen LogP contribution in [-0.4, -0.2) is 51.6 Å². The highest BCUT2D eigenvalue weighted by Gasteiger charge is 2.31. The third-order valence-electron chi connectivity index (χ3n) is 5.38. The van der Waals surface area contributed by atoms with Crippen LogP contribution in [-0.2, 0) is 11.3 Å². The van der Waals surface area contributed by atoms with Crippen molar-refractivity contribution in [1.82, 2.24) is 19.5 Å². The van der Waals surface area contributed by atoms with Gasteiger partial charge in [0.15, 0.2) is 5.82 Å². The molecule has 1 aromatic carbocycles. The Labute approximate surface area is 168 Å². The molecule has 1 amide bonds. The second-order valence-corrected chi connectivity index (χ2v) is 7.30. The molecular formula is C20H25N7O2. The molecule has 5 N–H and O–H groups in total. The number of likely N-dealkylation sites (tertiary alicyclic amines) is 1. The van der Waals surface area contributed by atoms with Crippen LogP contribution in [0.4, 0.5) is 11.5 Å². The van der Waals surface area contributed by atoms with Crippen molar-refractivity contribution in [1.29, 1.82) is 0 Å². The molecule has 0 saturated carbocycles. The quantitative estimate of drug-likeness (QED) is 0.571. The Morgan fingerprint density at radius 1 is 1.38 bits per heavy atom. The third-order valence-corrected chi connectivity index (χ3v) is 5.38. The summed E-state index contributed by atoms with van der Waals surface area (Å²) in [5.74, 6) is 0.794.